The molecule has 5 nitrogen and oxygen atoms in total. The number of amidine groups is 1. The van der Waals surface area contributed by atoms with Gasteiger partial charge in [-0.3, -0.25) is 9.71 Å². The predicted octanol–water partition coefficient (Wildman–Crippen LogP) is 5.33. The van der Waals surface area contributed by atoms with Gasteiger partial charge in [-0.25, -0.2) is 8.42 Å². The Balaban J connectivity index is 1.82. The van der Waals surface area contributed by atoms with Crippen LogP contribution < -0.4 is 9.46 Å². The minimum Gasteiger partial charge on any atom is -0.457 e. The molecule has 0 amide bonds. The van der Waals surface area contributed by atoms with Gasteiger partial charge in [0, 0.05) is 10.6 Å². The molecule has 0 saturated heterocycles. The zero-order chi connectivity index (χ0) is 20.7. The molecule has 0 heterocycles. The van der Waals surface area contributed by atoms with Crippen molar-refractivity contribution >= 4 is 38.6 Å². The molecule has 0 radical (unpaired) electrons. The number of sulfonamides is 1. The third-order valence-electron chi connectivity index (χ3n) is 3.90. The van der Waals surface area contributed by atoms with Crippen molar-refractivity contribution in [2.45, 2.75) is 11.4 Å². The van der Waals surface area contributed by atoms with E-state index in [-0.39, 0.29) is 16.6 Å². The lowest BCUT2D eigenvalue weighted by Crippen LogP contribution is -2.28. The number of halogens is 1. The molecule has 3 aromatic carbocycles. The van der Waals surface area contributed by atoms with Gasteiger partial charge in [0.2, 0.25) is 0 Å². The maximum Gasteiger partial charge on any atom is 0.263 e. The van der Waals surface area contributed by atoms with Crippen molar-refractivity contribution in [3.8, 4) is 11.5 Å². The lowest BCUT2D eigenvalue weighted by atomic mass is 10.2. The summed E-state index contributed by atoms with van der Waals surface area (Å²) < 4.78 is 33.5. The van der Waals surface area contributed by atoms with E-state index >= 15 is 0 Å². The highest BCUT2D eigenvalue weighted by atomic mass is 35.5. The monoisotopic (exact) mass is 446 g/mol. The molecule has 8 heteroatoms. The Morgan fingerprint density at radius 3 is 2.31 bits per heavy atom. The van der Waals surface area contributed by atoms with Crippen LogP contribution in [0.2, 0.25) is 5.02 Å². The molecule has 0 spiro atoms. The Hall–Kier alpha value is -2.48. The number of nitrogens with zero attached hydrogens (tertiary/aromatic N) is 1. The Kier molecular flexibility index (Phi) is 7.19. The molecule has 3 rings (SSSR count). The van der Waals surface area contributed by atoms with Crippen LogP contribution in [-0.2, 0) is 16.6 Å². The maximum absolute atomic E-state index is 12.5. The van der Waals surface area contributed by atoms with Crippen LogP contribution in [0.1, 0.15) is 5.56 Å². The summed E-state index contributed by atoms with van der Waals surface area (Å²) >= 11 is 7.56. The van der Waals surface area contributed by atoms with E-state index in [4.69, 9.17) is 16.3 Å². The zero-order valence-electron chi connectivity index (χ0n) is 15.6. The molecule has 0 aliphatic heterocycles. The van der Waals surface area contributed by atoms with E-state index in [1.807, 2.05) is 30.3 Å². The van der Waals surface area contributed by atoms with Crippen LogP contribution in [0.5, 0.6) is 11.5 Å². The molecular weight excluding hydrogens is 428 g/mol. The largest absolute Gasteiger partial charge is 0.457 e. The first kappa shape index (κ1) is 21.2. The van der Waals surface area contributed by atoms with E-state index in [9.17, 15) is 8.42 Å². The quantitative estimate of drug-likeness (QED) is 0.410. The second kappa shape index (κ2) is 9.82. The molecule has 0 aromatic heterocycles. The van der Waals surface area contributed by atoms with Gasteiger partial charge in [0.25, 0.3) is 10.0 Å². The van der Waals surface area contributed by atoms with Gasteiger partial charge in [0.15, 0.2) is 5.17 Å². The molecule has 0 aliphatic carbocycles. The van der Waals surface area contributed by atoms with E-state index in [0.29, 0.717) is 22.1 Å². The predicted molar refractivity (Wildman–Crippen MR) is 119 cm³/mol. The first-order chi connectivity index (χ1) is 14.0. The summed E-state index contributed by atoms with van der Waals surface area (Å²) in [4.78, 5) is 4.58. The molecular formula is C21H19ClN2O3S2. The van der Waals surface area contributed by atoms with Crippen molar-refractivity contribution in [1.82, 2.24) is 4.72 Å². The molecule has 0 fully saturated rings. The van der Waals surface area contributed by atoms with Gasteiger partial charge >= 0.3 is 0 Å². The summed E-state index contributed by atoms with van der Waals surface area (Å²) in [5, 5.41) is 0.757. The summed E-state index contributed by atoms with van der Waals surface area (Å²) in [6.45, 7) is 0.162. The van der Waals surface area contributed by atoms with Crippen LogP contribution in [0.25, 0.3) is 0 Å². The van der Waals surface area contributed by atoms with Crippen molar-refractivity contribution < 1.29 is 13.2 Å². The van der Waals surface area contributed by atoms with E-state index in [2.05, 4.69) is 9.71 Å². The molecule has 0 aliphatic rings. The maximum atomic E-state index is 12.5. The number of aliphatic imine (C=N–C) groups is 1. The van der Waals surface area contributed by atoms with Crippen molar-refractivity contribution in [2.24, 2.45) is 4.99 Å². The van der Waals surface area contributed by atoms with Gasteiger partial charge in [-0.05, 0) is 42.7 Å². The fourth-order valence-electron chi connectivity index (χ4n) is 2.47. The average molecular weight is 447 g/mol. The van der Waals surface area contributed by atoms with E-state index in [1.165, 1.54) is 23.9 Å². The number of thioether (sulfide) groups is 1. The molecule has 150 valence electrons. The van der Waals surface area contributed by atoms with E-state index < -0.39 is 10.0 Å². The molecule has 1 N–H and O–H groups in total. The van der Waals surface area contributed by atoms with Crippen LogP contribution >= 0.6 is 23.4 Å². The number of para-hydroxylation sites is 1. The van der Waals surface area contributed by atoms with Crippen LogP contribution in [0.15, 0.2) is 88.8 Å². The van der Waals surface area contributed by atoms with E-state index in [0.717, 1.165) is 0 Å². The zero-order valence-corrected chi connectivity index (χ0v) is 18.0. The Morgan fingerprint density at radius 2 is 1.66 bits per heavy atom. The van der Waals surface area contributed by atoms with Crippen molar-refractivity contribution in [3.05, 3.63) is 89.4 Å². The molecule has 29 heavy (non-hydrogen) atoms. The normalized spacial score (nSPS) is 11.9. The number of nitrogens with one attached hydrogen (secondary N) is 1. The van der Waals surface area contributed by atoms with Crippen molar-refractivity contribution in [3.63, 3.8) is 0 Å². The average Bonchev–Trinajstić information content (AvgIpc) is 2.73. The Labute approximate surface area is 179 Å². The fraction of sp³-hybridized carbons (Fsp3) is 0.0952. The van der Waals surface area contributed by atoms with Gasteiger partial charge in [-0.2, -0.15) is 0 Å². The number of benzene rings is 3. The van der Waals surface area contributed by atoms with Gasteiger partial charge in [0.05, 0.1) is 11.4 Å². The smallest absolute Gasteiger partial charge is 0.263 e. The van der Waals surface area contributed by atoms with Crippen molar-refractivity contribution in [2.75, 3.05) is 6.26 Å². The number of rotatable bonds is 6. The number of ether oxygens (including phenoxy) is 1. The highest BCUT2D eigenvalue weighted by molar-refractivity contribution is 8.14. The molecule has 3 aromatic rings. The summed E-state index contributed by atoms with van der Waals surface area (Å²) in [5.74, 6) is 1.24. The summed E-state index contributed by atoms with van der Waals surface area (Å²) in [6, 6.07) is 22.8. The molecule has 0 atom stereocenters. The Bertz CT molecular complexity index is 1090. The topological polar surface area (TPSA) is 67.8 Å². The minimum absolute atomic E-state index is 0.162. The van der Waals surface area contributed by atoms with Gasteiger partial charge in [0.1, 0.15) is 11.5 Å². The Morgan fingerprint density at radius 1 is 1.00 bits per heavy atom. The summed E-state index contributed by atoms with van der Waals surface area (Å²) in [5.41, 5.74) is 0.670. The third-order valence-corrected chi connectivity index (χ3v) is 6.35. The van der Waals surface area contributed by atoms with Crippen LogP contribution in [0.4, 0.5) is 0 Å². The number of hydrogen-bond donors (Lipinski definition) is 1. The first-order valence-electron chi connectivity index (χ1n) is 8.66. The second-order valence-corrected chi connectivity index (χ2v) is 8.76. The first-order valence-corrected chi connectivity index (χ1v) is 11.7. The molecule has 0 saturated carbocycles. The van der Waals surface area contributed by atoms with Crippen molar-refractivity contribution in [1.29, 1.82) is 0 Å². The highest BCUT2D eigenvalue weighted by Crippen LogP contribution is 2.31. The standard InChI is InChI=1S/C21H19ClN2O3S2/c1-28-21(24-29(25,26)17-11-6-3-7-12-17)23-15-18-19(22)13-8-14-20(18)27-16-9-4-2-5-10-16/h2-14H,15H2,1H3,(H,23,24). The molecule has 0 bridgehead atoms. The summed E-state index contributed by atoms with van der Waals surface area (Å²) in [6.07, 6.45) is 1.75. The van der Waals surface area contributed by atoms with Crippen LogP contribution in [-0.4, -0.2) is 19.8 Å². The summed E-state index contributed by atoms with van der Waals surface area (Å²) in [7, 11) is -3.71. The van der Waals surface area contributed by atoms with Gasteiger partial charge < -0.3 is 4.74 Å². The fourth-order valence-corrected chi connectivity index (χ4v) is 4.48. The second-order valence-electron chi connectivity index (χ2n) is 5.88. The van der Waals surface area contributed by atoms with Crippen LogP contribution in [0.3, 0.4) is 0 Å². The lowest BCUT2D eigenvalue weighted by Gasteiger charge is -2.13. The van der Waals surface area contributed by atoms with Crippen LogP contribution in [0, 0.1) is 0 Å². The number of hydrogen-bond acceptors (Lipinski definition) is 5. The lowest BCUT2D eigenvalue weighted by molar-refractivity contribution is 0.476. The van der Waals surface area contributed by atoms with Gasteiger partial charge in [-0.1, -0.05) is 65.8 Å². The SMILES string of the molecule is CSC(=NCc1c(Cl)cccc1Oc1ccccc1)NS(=O)(=O)c1ccccc1. The minimum atomic E-state index is -3.71. The molecule has 0 unspecified atom stereocenters. The highest BCUT2D eigenvalue weighted by Gasteiger charge is 2.16. The van der Waals surface area contributed by atoms with Gasteiger partial charge in [-0.15, -0.1) is 0 Å². The third kappa shape index (κ3) is 5.76. The van der Waals surface area contributed by atoms with E-state index in [1.54, 1.807) is 42.7 Å².